The normalized spacial score (nSPS) is 18.7. The lowest BCUT2D eigenvalue weighted by Crippen LogP contribution is -2.53. The summed E-state index contributed by atoms with van der Waals surface area (Å²) in [7, 11) is -0.893. The van der Waals surface area contributed by atoms with E-state index in [1.165, 1.54) is 6.20 Å². The third-order valence-electron chi connectivity index (χ3n) is 12.1. The highest BCUT2D eigenvalue weighted by Crippen LogP contribution is 2.39. The molecule has 17 heteroatoms. The summed E-state index contributed by atoms with van der Waals surface area (Å²) in [6.45, 7) is 11.6. The van der Waals surface area contributed by atoms with Crippen LogP contribution < -0.4 is 30.9 Å². The number of rotatable bonds is 13. The van der Waals surface area contributed by atoms with E-state index in [9.17, 15) is 18.9 Å². The monoisotopic (exact) mass is 893 g/mol. The van der Waals surface area contributed by atoms with Gasteiger partial charge in [0.05, 0.1) is 31.3 Å². The predicted molar refractivity (Wildman–Crippen MR) is 246 cm³/mol. The van der Waals surface area contributed by atoms with Crippen molar-refractivity contribution >= 4 is 70.6 Å². The van der Waals surface area contributed by atoms with Crippen LogP contribution in [0.4, 0.5) is 28.8 Å². The fourth-order valence-corrected chi connectivity index (χ4v) is 10.0. The van der Waals surface area contributed by atoms with Gasteiger partial charge < -0.3 is 34.5 Å². The van der Waals surface area contributed by atoms with Gasteiger partial charge in [-0.2, -0.15) is 4.98 Å². The van der Waals surface area contributed by atoms with E-state index in [1.807, 2.05) is 42.5 Å². The molecule has 1 unspecified atom stereocenters. The first kappa shape index (κ1) is 44.1. The molecule has 3 amide bonds. The summed E-state index contributed by atoms with van der Waals surface area (Å²) in [6.07, 6.45) is 4.28. The Labute approximate surface area is 373 Å². The van der Waals surface area contributed by atoms with E-state index in [-0.39, 0.29) is 18.2 Å². The quantitative estimate of drug-likeness (QED) is 0.0689. The number of anilines is 5. The molecule has 0 spiro atoms. The van der Waals surface area contributed by atoms with Crippen LogP contribution in [-0.4, -0.2) is 134 Å². The summed E-state index contributed by atoms with van der Waals surface area (Å²) in [5.41, 5.74) is 4.73. The Kier molecular flexibility index (Phi) is 13.7. The number of carbonyl (C=O) groups excluding carboxylic acids is 3. The number of methoxy groups -OCH3 is 1. The van der Waals surface area contributed by atoms with Gasteiger partial charge in [-0.25, -0.2) is 4.98 Å². The van der Waals surface area contributed by atoms with Crippen LogP contribution in [0.2, 0.25) is 5.02 Å². The molecule has 4 aromatic rings. The van der Waals surface area contributed by atoms with Crippen LogP contribution in [0.1, 0.15) is 47.2 Å². The average molecular weight is 894 g/mol. The third kappa shape index (κ3) is 10.5. The zero-order valence-electron chi connectivity index (χ0n) is 35.9. The van der Waals surface area contributed by atoms with Crippen molar-refractivity contribution < 1.29 is 28.4 Å². The zero-order valence-corrected chi connectivity index (χ0v) is 37.5. The summed E-state index contributed by atoms with van der Waals surface area (Å²) in [6, 6.07) is 19.0. The van der Waals surface area contributed by atoms with Crippen LogP contribution in [0.15, 0.2) is 66.9 Å². The number of imide groups is 1. The minimum atomic E-state index is -2.55. The lowest BCUT2D eigenvalue weighted by molar-refractivity contribution is -0.136. The molecule has 3 N–H and O–H groups in total. The second kappa shape index (κ2) is 19.5. The largest absolute Gasteiger partial charge is 0.494 e. The number of amides is 3. The van der Waals surface area contributed by atoms with Crippen molar-refractivity contribution in [1.82, 2.24) is 30.0 Å². The molecule has 8 rings (SSSR count). The number of nitrogens with one attached hydrogen (secondary N) is 3. The maximum Gasteiger partial charge on any atom is 0.255 e. The van der Waals surface area contributed by atoms with Crippen LogP contribution in [0, 0.1) is 11.8 Å². The molecule has 4 aliphatic heterocycles. The van der Waals surface area contributed by atoms with E-state index >= 15 is 0 Å². The molecule has 0 radical (unpaired) electrons. The van der Waals surface area contributed by atoms with Crippen LogP contribution >= 0.6 is 18.7 Å². The van der Waals surface area contributed by atoms with Crippen LogP contribution in [-0.2, 0) is 25.4 Å². The van der Waals surface area contributed by atoms with Crippen LogP contribution in [0.5, 0.6) is 5.75 Å². The fourth-order valence-electron chi connectivity index (χ4n) is 8.74. The van der Waals surface area contributed by atoms with Gasteiger partial charge >= 0.3 is 0 Å². The third-order valence-corrected chi connectivity index (χ3v) is 14.0. The van der Waals surface area contributed by atoms with Crippen LogP contribution in [0.3, 0.4) is 0 Å². The maximum atomic E-state index is 13.0. The Balaban J connectivity index is 0.753. The number of hydrogen-bond donors (Lipinski definition) is 3. The lowest BCUT2D eigenvalue weighted by atomic mass is 10.0. The molecule has 0 saturated carbocycles. The van der Waals surface area contributed by atoms with Crippen molar-refractivity contribution in [3.05, 3.63) is 88.6 Å². The summed E-state index contributed by atoms with van der Waals surface area (Å²) in [4.78, 5) is 55.0. The Morgan fingerprint density at radius 1 is 0.937 bits per heavy atom. The second-order valence-corrected chi connectivity index (χ2v) is 20.2. The smallest absolute Gasteiger partial charge is 0.255 e. The van der Waals surface area contributed by atoms with Gasteiger partial charge in [-0.15, -0.1) is 0 Å². The molecule has 5 heterocycles. The van der Waals surface area contributed by atoms with Crippen molar-refractivity contribution in [2.75, 3.05) is 95.0 Å². The van der Waals surface area contributed by atoms with Gasteiger partial charge in [0.1, 0.15) is 30.6 Å². The van der Waals surface area contributed by atoms with E-state index in [0.717, 1.165) is 86.5 Å². The Morgan fingerprint density at radius 3 is 2.49 bits per heavy atom. The first-order chi connectivity index (χ1) is 30.4. The number of hydrogen-bond acceptors (Lipinski definition) is 13. The molecule has 330 valence electrons. The zero-order chi connectivity index (χ0) is 44.1. The highest BCUT2D eigenvalue weighted by atomic mass is 35.5. The maximum absolute atomic E-state index is 13.0. The van der Waals surface area contributed by atoms with E-state index < -0.39 is 19.1 Å². The van der Waals surface area contributed by atoms with Crippen molar-refractivity contribution in [2.24, 2.45) is 0 Å². The molecule has 15 nitrogen and oxygen atoms in total. The first-order valence-electron chi connectivity index (χ1n) is 21.4. The second-order valence-electron chi connectivity index (χ2n) is 16.6. The lowest BCUT2D eigenvalue weighted by Gasteiger charge is -2.43. The highest BCUT2D eigenvalue weighted by Gasteiger charge is 2.39. The van der Waals surface area contributed by atoms with Gasteiger partial charge in [0.25, 0.3) is 5.91 Å². The van der Waals surface area contributed by atoms with Crippen LogP contribution in [0.25, 0.3) is 0 Å². The first-order valence-corrected chi connectivity index (χ1v) is 24.4. The number of piperazine rings is 1. The molecule has 1 aromatic heterocycles. The van der Waals surface area contributed by atoms with Gasteiger partial charge in [-0.3, -0.25) is 29.5 Å². The number of piperidine rings is 2. The summed E-state index contributed by atoms with van der Waals surface area (Å²) < 4.78 is 24.6. The van der Waals surface area contributed by atoms with Gasteiger partial charge in [0, 0.05) is 93.0 Å². The van der Waals surface area contributed by atoms with Gasteiger partial charge in [0.2, 0.25) is 17.8 Å². The van der Waals surface area contributed by atoms with Crippen molar-refractivity contribution in [2.45, 2.75) is 44.3 Å². The van der Waals surface area contributed by atoms with Crippen molar-refractivity contribution in [3.8, 4) is 17.6 Å². The number of para-hydroxylation sites is 1. The molecule has 4 aliphatic rings. The molecule has 63 heavy (non-hydrogen) atoms. The van der Waals surface area contributed by atoms with Crippen molar-refractivity contribution in [3.63, 3.8) is 0 Å². The number of benzene rings is 3. The molecular formula is C46H53ClN9O6P. The Morgan fingerprint density at radius 2 is 1.73 bits per heavy atom. The summed E-state index contributed by atoms with van der Waals surface area (Å²) >= 11 is 6.48. The van der Waals surface area contributed by atoms with E-state index in [4.69, 9.17) is 21.1 Å². The van der Waals surface area contributed by atoms with E-state index in [2.05, 4.69) is 64.6 Å². The number of nitrogens with zero attached hydrogens (tertiary/aromatic N) is 6. The SMILES string of the molecule is COc1cc(N2CCC(N3CCN(CCOCC#Cc4ccc5c(c4)CN(C4CCC(=O)NC4=O)C5=O)CC3)CC2)ccc1Nc1ncc(Cl)c(Nc2ccccc2P(C)(C)=O)n1. The minimum absolute atomic E-state index is 0.189. The number of halogens is 1. The molecule has 0 bridgehead atoms. The van der Waals surface area contributed by atoms with E-state index in [0.29, 0.717) is 66.0 Å². The number of aromatic nitrogens is 2. The van der Waals surface area contributed by atoms with E-state index in [1.54, 1.807) is 31.4 Å². The molecule has 1 atom stereocenters. The molecule has 0 aliphatic carbocycles. The topological polar surface area (TPSA) is 162 Å². The standard InChI is InChI=1S/C46H53ClN9O6P/c1-61-40-28-34(11-13-37(40)50-46-48-29-36(47)43(52-46)49-38-8-4-5-9-41(38)63(2,3)60)54-18-16-33(17-19-54)55-22-20-53(21-23-55)24-26-62-25-6-7-31-10-12-35-32(27-31)30-56(45(35)59)39-14-15-42(57)51-44(39)58/h4-5,8-13,27-29,33,39H,14-26,30H2,1-3H3,(H,51,57,58)(H2,48,49,50,52). The predicted octanol–water partition coefficient (Wildman–Crippen LogP) is 5.29. The Hall–Kier alpha value is -5.49. The average Bonchev–Trinajstić information content (AvgIpc) is 3.60. The number of ether oxygens (including phenoxy) is 2. The number of fused-ring (bicyclic) bond motifs is 1. The summed E-state index contributed by atoms with van der Waals surface area (Å²) in [5, 5.41) is 9.93. The minimum Gasteiger partial charge on any atom is -0.494 e. The Bertz CT molecular complexity index is 2470. The summed E-state index contributed by atoms with van der Waals surface area (Å²) in [5.74, 6) is 6.77. The number of carbonyl (C=O) groups is 3. The molecule has 3 saturated heterocycles. The van der Waals surface area contributed by atoms with Gasteiger partial charge in [-0.1, -0.05) is 35.6 Å². The fraction of sp³-hybridized carbons (Fsp3) is 0.413. The van der Waals surface area contributed by atoms with Crippen molar-refractivity contribution in [1.29, 1.82) is 0 Å². The molecule has 3 aromatic carbocycles. The molecule has 3 fully saturated rings. The van der Waals surface area contributed by atoms with Gasteiger partial charge in [-0.05, 0) is 80.6 Å². The highest BCUT2D eigenvalue weighted by molar-refractivity contribution is 7.70. The van der Waals surface area contributed by atoms with Gasteiger partial charge in [0.15, 0.2) is 5.82 Å². The molecular weight excluding hydrogens is 841 g/mol.